The van der Waals surface area contributed by atoms with Crippen molar-refractivity contribution in [2.45, 2.75) is 31.2 Å². The standard InChI is InChI=1S/C20H27N3O2S.HI/c1-3-21-20(22-15-7-10-17-8-5-4-6-9-17)23-16-18-11-13-19(14-12-18)26(2,24)25;/h4-6,8-9,11-14H,3,7,10,15-16H2,1-2H3,(H2,21,22,23);1H. The first-order valence-corrected chi connectivity index (χ1v) is 10.7. The van der Waals surface area contributed by atoms with E-state index in [1.807, 2.05) is 13.0 Å². The van der Waals surface area contributed by atoms with Gasteiger partial charge in [-0.15, -0.1) is 24.0 Å². The van der Waals surface area contributed by atoms with Gasteiger partial charge in [0.1, 0.15) is 0 Å². The molecule has 0 aliphatic carbocycles. The lowest BCUT2D eigenvalue weighted by molar-refractivity contribution is 0.602. The van der Waals surface area contributed by atoms with Gasteiger partial charge < -0.3 is 10.6 Å². The molecule has 2 rings (SSSR count). The first-order valence-electron chi connectivity index (χ1n) is 8.84. The summed E-state index contributed by atoms with van der Waals surface area (Å²) in [6.45, 7) is 4.16. The Hall–Kier alpha value is -1.61. The molecule has 0 fully saturated rings. The van der Waals surface area contributed by atoms with Gasteiger partial charge in [-0.05, 0) is 43.0 Å². The lowest BCUT2D eigenvalue weighted by Gasteiger charge is -2.11. The van der Waals surface area contributed by atoms with Crippen LogP contribution in [0.15, 0.2) is 64.5 Å². The monoisotopic (exact) mass is 501 g/mol. The first-order chi connectivity index (χ1) is 12.5. The number of hydrogen-bond donors (Lipinski definition) is 2. The van der Waals surface area contributed by atoms with Gasteiger partial charge in [0.05, 0.1) is 11.4 Å². The second kappa shape index (κ2) is 12.0. The molecule has 0 radical (unpaired) electrons. The maximum atomic E-state index is 11.5. The zero-order valence-electron chi connectivity index (χ0n) is 15.8. The fourth-order valence-electron chi connectivity index (χ4n) is 2.50. The molecule has 0 saturated heterocycles. The maximum absolute atomic E-state index is 11.5. The quantitative estimate of drug-likeness (QED) is 0.252. The van der Waals surface area contributed by atoms with Crippen LogP contribution in [0, 0.1) is 0 Å². The molecule has 0 aromatic heterocycles. The molecule has 0 amide bonds. The van der Waals surface area contributed by atoms with Crippen LogP contribution in [0.25, 0.3) is 0 Å². The van der Waals surface area contributed by atoms with E-state index in [1.54, 1.807) is 24.3 Å². The summed E-state index contributed by atoms with van der Waals surface area (Å²) in [6.07, 6.45) is 3.26. The molecule has 7 heteroatoms. The molecule has 0 bridgehead atoms. The van der Waals surface area contributed by atoms with Crippen LogP contribution < -0.4 is 10.6 Å². The van der Waals surface area contributed by atoms with Crippen molar-refractivity contribution in [3.8, 4) is 0 Å². The van der Waals surface area contributed by atoms with E-state index < -0.39 is 9.84 Å². The average Bonchev–Trinajstić information content (AvgIpc) is 2.63. The largest absolute Gasteiger partial charge is 0.357 e. The number of hydrogen-bond acceptors (Lipinski definition) is 3. The molecule has 0 aliphatic rings. The van der Waals surface area contributed by atoms with Crippen molar-refractivity contribution < 1.29 is 8.42 Å². The molecule has 0 unspecified atom stereocenters. The van der Waals surface area contributed by atoms with Crippen molar-refractivity contribution in [1.29, 1.82) is 0 Å². The highest BCUT2D eigenvalue weighted by molar-refractivity contribution is 14.0. The molecule has 27 heavy (non-hydrogen) atoms. The lowest BCUT2D eigenvalue weighted by Crippen LogP contribution is -2.37. The van der Waals surface area contributed by atoms with Crippen molar-refractivity contribution in [2.24, 2.45) is 4.99 Å². The van der Waals surface area contributed by atoms with Crippen LogP contribution in [0.1, 0.15) is 24.5 Å². The third-order valence-corrected chi connectivity index (χ3v) is 5.02. The van der Waals surface area contributed by atoms with Gasteiger partial charge in [-0.1, -0.05) is 42.5 Å². The Bertz CT molecular complexity index is 807. The molecule has 0 saturated carbocycles. The predicted octanol–water partition coefficient (Wildman–Crippen LogP) is 3.40. The number of guanidine groups is 1. The van der Waals surface area contributed by atoms with Gasteiger partial charge in [0.2, 0.25) is 0 Å². The molecule has 0 atom stereocenters. The van der Waals surface area contributed by atoms with Crippen LogP contribution in [0.2, 0.25) is 0 Å². The van der Waals surface area contributed by atoms with Crippen LogP contribution in [-0.4, -0.2) is 33.7 Å². The summed E-state index contributed by atoms with van der Waals surface area (Å²) in [6, 6.07) is 17.3. The molecule has 2 aromatic rings. The maximum Gasteiger partial charge on any atom is 0.191 e. The smallest absolute Gasteiger partial charge is 0.191 e. The fraction of sp³-hybridized carbons (Fsp3) is 0.350. The normalized spacial score (nSPS) is 11.6. The Balaban J connectivity index is 0.00000364. The number of nitrogens with one attached hydrogen (secondary N) is 2. The Labute approximate surface area is 179 Å². The predicted molar refractivity (Wildman–Crippen MR) is 123 cm³/mol. The molecule has 5 nitrogen and oxygen atoms in total. The van der Waals surface area contributed by atoms with E-state index in [4.69, 9.17) is 0 Å². The number of benzene rings is 2. The van der Waals surface area contributed by atoms with Gasteiger partial charge in [-0.25, -0.2) is 13.4 Å². The summed E-state index contributed by atoms with van der Waals surface area (Å²) in [7, 11) is -3.16. The summed E-state index contributed by atoms with van der Waals surface area (Å²) in [4.78, 5) is 4.89. The van der Waals surface area contributed by atoms with E-state index in [9.17, 15) is 8.42 Å². The number of aryl methyl sites for hydroxylation is 1. The van der Waals surface area contributed by atoms with Gasteiger partial charge in [0.15, 0.2) is 15.8 Å². The number of halogens is 1. The number of sulfone groups is 1. The molecule has 148 valence electrons. The lowest BCUT2D eigenvalue weighted by atomic mass is 10.1. The minimum atomic E-state index is -3.16. The molecule has 2 N–H and O–H groups in total. The highest BCUT2D eigenvalue weighted by Gasteiger charge is 2.06. The fourth-order valence-corrected chi connectivity index (χ4v) is 3.13. The minimum Gasteiger partial charge on any atom is -0.357 e. The van der Waals surface area contributed by atoms with Gasteiger partial charge in [0, 0.05) is 19.3 Å². The molecule has 2 aromatic carbocycles. The molecule has 0 spiro atoms. The van der Waals surface area contributed by atoms with Gasteiger partial charge in [-0.3, -0.25) is 0 Å². The van der Waals surface area contributed by atoms with Crippen LogP contribution in [0.3, 0.4) is 0 Å². The zero-order valence-corrected chi connectivity index (χ0v) is 19.0. The molecule has 0 aliphatic heterocycles. The Kier molecular flexibility index (Phi) is 10.4. The summed E-state index contributed by atoms with van der Waals surface area (Å²) >= 11 is 0. The van der Waals surface area contributed by atoms with Crippen LogP contribution in [0.5, 0.6) is 0 Å². The average molecular weight is 501 g/mol. The van der Waals surface area contributed by atoms with Crippen LogP contribution >= 0.6 is 24.0 Å². The molecular weight excluding hydrogens is 473 g/mol. The zero-order chi connectivity index (χ0) is 18.8. The highest BCUT2D eigenvalue weighted by atomic mass is 127. The van der Waals surface area contributed by atoms with Crippen LogP contribution in [-0.2, 0) is 22.8 Å². The minimum absolute atomic E-state index is 0. The Morgan fingerprint density at radius 2 is 1.63 bits per heavy atom. The van der Waals surface area contributed by atoms with E-state index in [1.165, 1.54) is 11.8 Å². The van der Waals surface area contributed by atoms with Crippen molar-refractivity contribution in [3.05, 3.63) is 65.7 Å². The van der Waals surface area contributed by atoms with E-state index >= 15 is 0 Å². The van der Waals surface area contributed by atoms with E-state index in [0.29, 0.717) is 11.4 Å². The Morgan fingerprint density at radius 3 is 2.22 bits per heavy atom. The highest BCUT2D eigenvalue weighted by Crippen LogP contribution is 2.11. The summed E-state index contributed by atoms with van der Waals surface area (Å²) < 4.78 is 23.0. The number of nitrogens with zero attached hydrogens (tertiary/aromatic N) is 1. The Morgan fingerprint density at radius 1 is 0.963 bits per heavy atom. The third kappa shape index (κ3) is 8.75. The summed E-state index contributed by atoms with van der Waals surface area (Å²) in [5, 5.41) is 6.57. The number of aliphatic imine (C=N–C) groups is 1. The number of rotatable bonds is 8. The SMILES string of the molecule is CCNC(=NCc1ccc(S(C)(=O)=O)cc1)NCCCc1ccccc1.I. The van der Waals surface area contributed by atoms with Crippen molar-refractivity contribution in [3.63, 3.8) is 0 Å². The van der Waals surface area contributed by atoms with Gasteiger partial charge >= 0.3 is 0 Å². The summed E-state index contributed by atoms with van der Waals surface area (Å²) in [5.74, 6) is 0.771. The second-order valence-electron chi connectivity index (χ2n) is 6.13. The topological polar surface area (TPSA) is 70.6 Å². The first kappa shape index (κ1) is 23.4. The van der Waals surface area contributed by atoms with Crippen molar-refractivity contribution in [2.75, 3.05) is 19.3 Å². The van der Waals surface area contributed by atoms with Gasteiger partial charge in [-0.2, -0.15) is 0 Å². The van der Waals surface area contributed by atoms with E-state index in [0.717, 1.165) is 37.5 Å². The van der Waals surface area contributed by atoms with Crippen LogP contribution in [0.4, 0.5) is 0 Å². The second-order valence-corrected chi connectivity index (χ2v) is 8.14. The van der Waals surface area contributed by atoms with E-state index in [2.05, 4.69) is 39.9 Å². The van der Waals surface area contributed by atoms with Crippen molar-refractivity contribution >= 4 is 39.8 Å². The molecular formula is C20H28IN3O2S. The van der Waals surface area contributed by atoms with Crippen molar-refractivity contribution in [1.82, 2.24) is 10.6 Å². The van der Waals surface area contributed by atoms with Gasteiger partial charge in [0.25, 0.3) is 0 Å². The molecule has 0 heterocycles. The third-order valence-electron chi connectivity index (χ3n) is 3.89. The summed E-state index contributed by atoms with van der Waals surface area (Å²) in [5.41, 5.74) is 2.31. The van der Waals surface area contributed by atoms with E-state index in [-0.39, 0.29) is 24.0 Å².